The van der Waals surface area contributed by atoms with Crippen LogP contribution in [0.5, 0.6) is 0 Å². The van der Waals surface area contributed by atoms with Gasteiger partial charge in [0, 0.05) is 50.3 Å². The molecular weight excluding hydrogens is 716 g/mol. The average molecular weight is 744 g/mol. The van der Waals surface area contributed by atoms with Gasteiger partial charge in [-0.25, -0.2) is 23.8 Å². The first-order valence-electron chi connectivity index (χ1n) is 14.0. The smallest absolute Gasteiger partial charge is 0.475 e. The van der Waals surface area contributed by atoms with Crippen molar-refractivity contribution in [1.29, 1.82) is 0 Å². The number of carboxylic acid groups (broad SMARTS) is 3. The van der Waals surface area contributed by atoms with Crippen molar-refractivity contribution >= 4 is 23.6 Å². The second-order valence-corrected chi connectivity index (χ2v) is 10.3. The summed E-state index contributed by atoms with van der Waals surface area (Å²) in [6.07, 6.45) is -9.48. The van der Waals surface area contributed by atoms with Gasteiger partial charge in [-0.15, -0.1) is 0 Å². The van der Waals surface area contributed by atoms with Crippen LogP contribution in [0, 0.1) is 5.82 Å². The SMILES string of the molecule is CN1CCN(Cc2cccc(F)c2)CC1c1cn2c(-c3ccncc3)cccc2n1.O=C(O)C(F)(F)F.O=C(O)C(F)(F)F.O=C(O)C(F)(F)F. The molecule has 1 unspecified atom stereocenters. The van der Waals surface area contributed by atoms with E-state index >= 15 is 0 Å². The van der Waals surface area contributed by atoms with Crippen LogP contribution in [0.15, 0.2) is 73.2 Å². The number of fused-ring (bicyclic) bond motifs is 1. The standard InChI is InChI=1S/C24H24FN5.3C2HF3O2/c1-28-12-13-29(15-18-4-2-5-20(25)14-18)17-23(28)21-16-30-22(6-3-7-24(30)27-21)19-8-10-26-11-9-19;3*3-2(4,5)1(6)7/h2-11,14,16,23H,12-13,15,17H2,1H3;3*(H,6,7). The van der Waals surface area contributed by atoms with Crippen LogP contribution < -0.4 is 0 Å². The number of halogens is 10. The number of likely N-dealkylation sites (N-methyl/N-ethyl adjacent to an activating group) is 1. The van der Waals surface area contributed by atoms with Crippen LogP contribution in [-0.4, -0.2) is 103 Å². The van der Waals surface area contributed by atoms with Gasteiger partial charge in [0.2, 0.25) is 0 Å². The monoisotopic (exact) mass is 743 g/mol. The molecule has 21 heteroatoms. The molecule has 0 radical (unpaired) electrons. The van der Waals surface area contributed by atoms with Crippen molar-refractivity contribution in [2.45, 2.75) is 31.1 Å². The van der Waals surface area contributed by atoms with Crippen molar-refractivity contribution in [3.8, 4) is 11.3 Å². The highest BCUT2D eigenvalue weighted by atomic mass is 19.4. The van der Waals surface area contributed by atoms with Crippen LogP contribution in [0.2, 0.25) is 0 Å². The van der Waals surface area contributed by atoms with Crippen LogP contribution in [0.1, 0.15) is 17.3 Å². The quantitative estimate of drug-likeness (QED) is 0.215. The number of pyridine rings is 2. The summed E-state index contributed by atoms with van der Waals surface area (Å²) in [7, 11) is 2.15. The Hall–Kier alpha value is -5.31. The molecule has 0 aliphatic carbocycles. The average Bonchev–Trinajstić information content (AvgIpc) is 3.46. The molecule has 278 valence electrons. The zero-order valence-electron chi connectivity index (χ0n) is 25.9. The van der Waals surface area contributed by atoms with Gasteiger partial charge in [0.25, 0.3) is 0 Å². The number of benzene rings is 1. The molecule has 4 heterocycles. The molecule has 3 aromatic heterocycles. The van der Waals surface area contributed by atoms with Crippen molar-refractivity contribution in [2.75, 3.05) is 26.7 Å². The van der Waals surface area contributed by atoms with Gasteiger partial charge in [-0.1, -0.05) is 18.2 Å². The Morgan fingerprint density at radius 1 is 0.784 bits per heavy atom. The fourth-order valence-corrected chi connectivity index (χ4v) is 4.23. The molecule has 11 nitrogen and oxygen atoms in total. The molecule has 3 N–H and O–H groups in total. The Bertz CT molecular complexity index is 1710. The van der Waals surface area contributed by atoms with Gasteiger partial charge in [-0.3, -0.25) is 19.2 Å². The summed E-state index contributed by atoms with van der Waals surface area (Å²) in [5.41, 5.74) is 5.22. The van der Waals surface area contributed by atoms with E-state index in [1.165, 1.54) is 6.07 Å². The normalized spacial score (nSPS) is 15.3. The maximum atomic E-state index is 13.6. The zero-order valence-corrected chi connectivity index (χ0v) is 25.9. The van der Waals surface area contributed by atoms with Gasteiger partial charge >= 0.3 is 36.4 Å². The third-order valence-corrected chi connectivity index (χ3v) is 6.58. The second-order valence-electron chi connectivity index (χ2n) is 10.3. The topological polar surface area (TPSA) is 149 Å². The second kappa shape index (κ2) is 17.6. The zero-order chi connectivity index (χ0) is 38.7. The van der Waals surface area contributed by atoms with Crippen LogP contribution in [-0.2, 0) is 20.9 Å². The van der Waals surface area contributed by atoms with Gasteiger partial charge in [0.15, 0.2) is 0 Å². The summed E-state index contributed by atoms with van der Waals surface area (Å²) < 4.78 is 111. The number of rotatable bonds is 4. The molecule has 0 saturated carbocycles. The van der Waals surface area contributed by atoms with E-state index in [9.17, 15) is 43.9 Å². The van der Waals surface area contributed by atoms with E-state index in [0.717, 1.165) is 54.3 Å². The van der Waals surface area contributed by atoms with Crippen LogP contribution in [0.4, 0.5) is 43.9 Å². The van der Waals surface area contributed by atoms with E-state index < -0.39 is 36.4 Å². The number of nitrogens with zero attached hydrogens (tertiary/aromatic N) is 5. The Morgan fingerprint density at radius 3 is 1.78 bits per heavy atom. The minimum Gasteiger partial charge on any atom is -0.475 e. The molecule has 0 amide bonds. The molecule has 4 aromatic rings. The summed E-state index contributed by atoms with van der Waals surface area (Å²) in [5, 5.41) is 21.4. The molecule has 0 bridgehead atoms. The number of carboxylic acids is 3. The van der Waals surface area contributed by atoms with Gasteiger partial charge in [-0.2, -0.15) is 39.5 Å². The highest BCUT2D eigenvalue weighted by Gasteiger charge is 2.39. The Kier molecular flexibility index (Phi) is 14.4. The fourth-order valence-electron chi connectivity index (χ4n) is 4.23. The van der Waals surface area contributed by atoms with Crippen molar-refractivity contribution in [3.63, 3.8) is 0 Å². The van der Waals surface area contributed by atoms with Gasteiger partial charge in [0.1, 0.15) is 11.5 Å². The molecule has 1 aliphatic heterocycles. The molecule has 0 spiro atoms. The minimum absolute atomic E-state index is 0.179. The first kappa shape index (κ1) is 41.9. The summed E-state index contributed by atoms with van der Waals surface area (Å²) in [5.74, 6) is -8.45. The van der Waals surface area contributed by atoms with E-state index in [0.29, 0.717) is 0 Å². The number of aromatic nitrogens is 3. The third-order valence-electron chi connectivity index (χ3n) is 6.58. The molecule has 1 saturated heterocycles. The lowest BCUT2D eigenvalue weighted by Crippen LogP contribution is -2.46. The van der Waals surface area contributed by atoms with E-state index in [-0.39, 0.29) is 11.9 Å². The van der Waals surface area contributed by atoms with Crippen molar-refractivity contribution in [3.05, 3.63) is 90.3 Å². The van der Waals surface area contributed by atoms with E-state index in [2.05, 4.69) is 38.5 Å². The molecule has 5 rings (SSSR count). The van der Waals surface area contributed by atoms with Gasteiger partial charge in [0.05, 0.1) is 17.4 Å². The van der Waals surface area contributed by atoms with Crippen molar-refractivity contribution in [1.82, 2.24) is 24.2 Å². The molecule has 1 aliphatic rings. The van der Waals surface area contributed by atoms with Crippen LogP contribution in [0.3, 0.4) is 0 Å². The Labute approximate surface area is 281 Å². The Morgan fingerprint density at radius 2 is 1.29 bits per heavy atom. The lowest BCUT2D eigenvalue weighted by Gasteiger charge is -2.38. The lowest BCUT2D eigenvalue weighted by atomic mass is 10.1. The summed E-state index contributed by atoms with van der Waals surface area (Å²) >= 11 is 0. The van der Waals surface area contributed by atoms with Gasteiger partial charge < -0.3 is 15.3 Å². The number of carbonyl (C=O) groups is 3. The summed E-state index contributed by atoms with van der Waals surface area (Å²) in [4.78, 5) is 40.5. The number of hydrogen-bond donors (Lipinski definition) is 3. The largest absolute Gasteiger partial charge is 0.490 e. The van der Waals surface area contributed by atoms with Crippen molar-refractivity contribution in [2.24, 2.45) is 0 Å². The summed E-state index contributed by atoms with van der Waals surface area (Å²) in [6.45, 7) is 3.52. The molecule has 1 aromatic carbocycles. The predicted molar refractivity (Wildman–Crippen MR) is 157 cm³/mol. The molecule has 51 heavy (non-hydrogen) atoms. The number of alkyl halides is 9. The highest BCUT2D eigenvalue weighted by Crippen LogP contribution is 2.28. The third kappa shape index (κ3) is 13.5. The highest BCUT2D eigenvalue weighted by molar-refractivity contribution is 5.73. The number of aliphatic carboxylic acids is 3. The molecule has 1 atom stereocenters. The minimum atomic E-state index is -5.08. The van der Waals surface area contributed by atoms with Crippen LogP contribution in [0.25, 0.3) is 16.9 Å². The number of imidazole rings is 1. The van der Waals surface area contributed by atoms with Crippen LogP contribution >= 0.6 is 0 Å². The van der Waals surface area contributed by atoms with E-state index in [4.69, 9.17) is 34.7 Å². The molecular formula is C30H27F10N5O6. The lowest BCUT2D eigenvalue weighted by molar-refractivity contribution is -0.193. The summed E-state index contributed by atoms with van der Waals surface area (Å²) in [6, 6.07) is 17.3. The first-order valence-corrected chi connectivity index (χ1v) is 14.0. The maximum absolute atomic E-state index is 13.6. The van der Waals surface area contributed by atoms with E-state index in [1.807, 2.05) is 42.7 Å². The predicted octanol–water partition coefficient (Wildman–Crippen LogP) is 5.92. The maximum Gasteiger partial charge on any atom is 0.490 e. The number of piperazine rings is 1. The van der Waals surface area contributed by atoms with Crippen molar-refractivity contribution < 1.29 is 73.6 Å². The van der Waals surface area contributed by atoms with Gasteiger partial charge in [-0.05, 0) is 49.0 Å². The van der Waals surface area contributed by atoms with E-state index in [1.54, 1.807) is 12.1 Å². The Balaban J connectivity index is 0.000000352. The first-order chi connectivity index (χ1) is 23.5. The fraction of sp³-hybridized carbons (Fsp3) is 0.300. The molecule has 1 fully saturated rings. The number of hydrogen-bond acceptors (Lipinski definition) is 7.